The second-order valence-electron chi connectivity index (χ2n) is 8.29. The van der Waals surface area contributed by atoms with E-state index in [0.29, 0.717) is 41.3 Å². The average molecular weight is 629 g/mol. The van der Waals surface area contributed by atoms with E-state index < -0.39 is 0 Å². The van der Waals surface area contributed by atoms with E-state index in [9.17, 15) is 4.79 Å². The van der Waals surface area contributed by atoms with Gasteiger partial charge in [-0.15, -0.1) is 0 Å². The maximum atomic E-state index is 13.2. The number of benzene rings is 3. The largest absolute Gasteiger partial charge is 0.497 e. The highest BCUT2D eigenvalue weighted by molar-refractivity contribution is 14.1. The SMILES string of the molecule is CCOc1cc(/C=C2/SC(=Nc3ccc(OC)cc3)N(CC)C2=O)cc(I)c1OCc1cccc(C)c1. The second kappa shape index (κ2) is 12.5. The Morgan fingerprint density at radius 2 is 1.84 bits per heavy atom. The molecule has 8 heteroatoms. The van der Waals surface area contributed by atoms with Gasteiger partial charge in [-0.3, -0.25) is 9.69 Å². The number of thioether (sulfide) groups is 1. The smallest absolute Gasteiger partial charge is 0.266 e. The van der Waals surface area contributed by atoms with Gasteiger partial charge in [0.05, 0.1) is 27.9 Å². The van der Waals surface area contributed by atoms with E-state index in [1.165, 1.54) is 17.3 Å². The first-order chi connectivity index (χ1) is 17.9. The highest BCUT2D eigenvalue weighted by Gasteiger charge is 2.32. The number of amidine groups is 1. The topological polar surface area (TPSA) is 60.4 Å². The number of amides is 1. The van der Waals surface area contributed by atoms with Crippen LogP contribution in [-0.2, 0) is 11.4 Å². The Labute approximate surface area is 235 Å². The molecule has 0 unspecified atom stereocenters. The van der Waals surface area contributed by atoms with Crippen molar-refractivity contribution in [1.29, 1.82) is 0 Å². The van der Waals surface area contributed by atoms with Gasteiger partial charge in [-0.05, 0) is 109 Å². The number of likely N-dealkylation sites (N-methyl/N-ethyl adjacent to an activating group) is 1. The van der Waals surface area contributed by atoms with Crippen LogP contribution in [0.15, 0.2) is 70.6 Å². The number of rotatable bonds is 9. The third-order valence-electron chi connectivity index (χ3n) is 5.60. The van der Waals surface area contributed by atoms with Crippen molar-refractivity contribution in [3.63, 3.8) is 0 Å². The number of aryl methyl sites for hydroxylation is 1. The average Bonchev–Trinajstić information content (AvgIpc) is 3.17. The lowest BCUT2D eigenvalue weighted by Crippen LogP contribution is -2.28. The molecule has 0 N–H and O–H groups in total. The number of carbonyl (C=O) groups is 1. The fourth-order valence-corrected chi connectivity index (χ4v) is 5.66. The fourth-order valence-electron chi connectivity index (χ4n) is 3.82. The van der Waals surface area contributed by atoms with Gasteiger partial charge in [0.2, 0.25) is 0 Å². The summed E-state index contributed by atoms with van der Waals surface area (Å²) in [6, 6.07) is 19.6. The van der Waals surface area contributed by atoms with Gasteiger partial charge in [-0.2, -0.15) is 0 Å². The summed E-state index contributed by atoms with van der Waals surface area (Å²) >= 11 is 3.63. The van der Waals surface area contributed by atoms with E-state index in [1.54, 1.807) is 12.0 Å². The van der Waals surface area contributed by atoms with Crippen LogP contribution in [0.3, 0.4) is 0 Å². The van der Waals surface area contributed by atoms with Gasteiger partial charge in [0, 0.05) is 6.54 Å². The molecule has 0 spiro atoms. The molecule has 0 aromatic heterocycles. The van der Waals surface area contributed by atoms with Gasteiger partial charge in [0.25, 0.3) is 5.91 Å². The number of hydrogen-bond acceptors (Lipinski definition) is 6. The highest BCUT2D eigenvalue weighted by Crippen LogP contribution is 2.38. The minimum atomic E-state index is -0.0625. The van der Waals surface area contributed by atoms with Crippen LogP contribution in [0, 0.1) is 10.5 Å². The molecule has 1 aliphatic rings. The predicted octanol–water partition coefficient (Wildman–Crippen LogP) is 7.21. The van der Waals surface area contributed by atoms with Crippen LogP contribution in [0.5, 0.6) is 17.2 Å². The zero-order chi connectivity index (χ0) is 26.4. The molecule has 0 bridgehead atoms. The molecule has 0 atom stereocenters. The summed E-state index contributed by atoms with van der Waals surface area (Å²) in [7, 11) is 1.63. The van der Waals surface area contributed by atoms with Gasteiger partial charge in [-0.1, -0.05) is 29.8 Å². The summed E-state index contributed by atoms with van der Waals surface area (Å²) in [5, 5.41) is 0.654. The van der Waals surface area contributed by atoms with E-state index in [-0.39, 0.29) is 5.91 Å². The maximum Gasteiger partial charge on any atom is 0.266 e. The molecule has 192 valence electrons. The summed E-state index contributed by atoms with van der Waals surface area (Å²) in [4.78, 5) is 20.2. The number of halogens is 1. The van der Waals surface area contributed by atoms with Crippen molar-refractivity contribution in [2.45, 2.75) is 27.4 Å². The van der Waals surface area contributed by atoms with Crippen LogP contribution in [0.1, 0.15) is 30.5 Å². The van der Waals surface area contributed by atoms with Crippen LogP contribution in [0.25, 0.3) is 6.08 Å². The Kier molecular flexibility index (Phi) is 9.15. The van der Waals surface area contributed by atoms with Crippen molar-refractivity contribution in [3.8, 4) is 17.2 Å². The third kappa shape index (κ3) is 6.67. The summed E-state index contributed by atoms with van der Waals surface area (Å²) in [5.74, 6) is 2.06. The van der Waals surface area contributed by atoms with Crippen molar-refractivity contribution >= 4 is 57.2 Å². The number of carbonyl (C=O) groups excluding carboxylic acids is 1. The summed E-state index contributed by atoms with van der Waals surface area (Å²) in [5.41, 5.74) is 3.92. The monoisotopic (exact) mass is 628 g/mol. The van der Waals surface area contributed by atoms with Crippen LogP contribution in [0.4, 0.5) is 5.69 Å². The molecule has 1 saturated heterocycles. The van der Waals surface area contributed by atoms with E-state index in [1.807, 2.05) is 68.5 Å². The molecule has 6 nitrogen and oxygen atoms in total. The molecular weight excluding hydrogens is 599 g/mol. The Morgan fingerprint density at radius 1 is 1.05 bits per heavy atom. The first-order valence-electron chi connectivity index (χ1n) is 12.0. The number of hydrogen-bond donors (Lipinski definition) is 0. The molecule has 3 aromatic carbocycles. The summed E-state index contributed by atoms with van der Waals surface area (Å²) < 4.78 is 18.2. The van der Waals surface area contributed by atoms with E-state index in [2.05, 4.69) is 41.6 Å². The van der Waals surface area contributed by atoms with Gasteiger partial charge >= 0.3 is 0 Å². The van der Waals surface area contributed by atoms with Gasteiger partial charge < -0.3 is 14.2 Å². The molecular formula is C29H29IN2O4S. The van der Waals surface area contributed by atoms with Crippen LogP contribution in [-0.4, -0.2) is 36.2 Å². The van der Waals surface area contributed by atoms with Crippen LogP contribution < -0.4 is 14.2 Å². The molecule has 37 heavy (non-hydrogen) atoms. The lowest BCUT2D eigenvalue weighted by molar-refractivity contribution is -0.122. The molecule has 1 aliphatic heterocycles. The zero-order valence-corrected chi connectivity index (χ0v) is 24.3. The lowest BCUT2D eigenvalue weighted by atomic mass is 10.1. The molecule has 1 heterocycles. The minimum absolute atomic E-state index is 0.0625. The normalized spacial score (nSPS) is 15.5. The minimum Gasteiger partial charge on any atom is -0.497 e. The molecule has 4 rings (SSSR count). The van der Waals surface area contributed by atoms with Crippen molar-refractivity contribution in [3.05, 3.63) is 85.8 Å². The van der Waals surface area contributed by atoms with Crippen molar-refractivity contribution < 1.29 is 19.0 Å². The number of aliphatic imine (C=N–C) groups is 1. The first-order valence-corrected chi connectivity index (χ1v) is 13.9. The van der Waals surface area contributed by atoms with Crippen molar-refractivity contribution in [2.75, 3.05) is 20.3 Å². The number of nitrogens with zero attached hydrogens (tertiary/aromatic N) is 2. The fraction of sp³-hybridized carbons (Fsp3) is 0.241. The molecule has 1 amide bonds. The molecule has 3 aromatic rings. The van der Waals surface area contributed by atoms with Crippen molar-refractivity contribution in [1.82, 2.24) is 4.90 Å². The molecule has 1 fully saturated rings. The first kappa shape index (κ1) is 27.1. The van der Waals surface area contributed by atoms with E-state index in [0.717, 1.165) is 26.1 Å². The molecule has 0 aliphatic carbocycles. The Morgan fingerprint density at radius 3 is 2.51 bits per heavy atom. The molecule has 0 radical (unpaired) electrons. The van der Waals surface area contributed by atoms with E-state index >= 15 is 0 Å². The van der Waals surface area contributed by atoms with Gasteiger partial charge in [0.1, 0.15) is 12.4 Å². The predicted molar refractivity (Wildman–Crippen MR) is 159 cm³/mol. The lowest BCUT2D eigenvalue weighted by Gasteiger charge is -2.15. The summed E-state index contributed by atoms with van der Waals surface area (Å²) in [6.07, 6.45) is 1.89. The number of methoxy groups -OCH3 is 1. The Bertz CT molecular complexity index is 1340. The van der Waals surface area contributed by atoms with Crippen LogP contribution >= 0.6 is 34.4 Å². The summed E-state index contributed by atoms with van der Waals surface area (Å²) in [6.45, 7) is 7.44. The van der Waals surface area contributed by atoms with Gasteiger partial charge in [0.15, 0.2) is 16.7 Å². The van der Waals surface area contributed by atoms with Gasteiger partial charge in [-0.25, -0.2) is 4.99 Å². The highest BCUT2D eigenvalue weighted by atomic mass is 127. The Balaban J connectivity index is 1.60. The molecule has 0 saturated carbocycles. The zero-order valence-electron chi connectivity index (χ0n) is 21.3. The second-order valence-corrected chi connectivity index (χ2v) is 10.5. The number of ether oxygens (including phenoxy) is 3. The quantitative estimate of drug-likeness (QED) is 0.185. The van der Waals surface area contributed by atoms with Crippen molar-refractivity contribution in [2.24, 2.45) is 4.99 Å². The Hall–Kier alpha value is -2.98. The van der Waals surface area contributed by atoms with E-state index in [4.69, 9.17) is 19.2 Å². The third-order valence-corrected chi connectivity index (χ3v) is 7.40. The standard InChI is InChI=1S/C29H29IN2O4S/c1-5-32-28(33)26(37-29(32)31-22-10-12-23(34-4)13-11-22)17-21-15-24(30)27(25(16-21)35-6-2)36-18-20-9-7-8-19(3)14-20/h7-17H,5-6,18H2,1-4H3/b26-17+,31-29?. The maximum absolute atomic E-state index is 13.2. The van der Waals surface area contributed by atoms with Crippen LogP contribution in [0.2, 0.25) is 0 Å².